The highest BCUT2D eigenvalue weighted by atomic mass is 19.4. The number of urea groups is 1. The number of carbonyl (C=O) groups excluding carboxylic acids is 3. The Hall–Kier alpha value is -4.50. The van der Waals surface area contributed by atoms with Crippen LogP contribution in [0.5, 0.6) is 0 Å². The third-order valence-corrected chi connectivity index (χ3v) is 7.35. The van der Waals surface area contributed by atoms with Gasteiger partial charge < -0.3 is 31.5 Å². The van der Waals surface area contributed by atoms with E-state index < -0.39 is 53.8 Å². The Bertz CT molecular complexity index is 1360. The number of fused-ring (bicyclic) bond motifs is 1. The maximum atomic E-state index is 13.6. The number of nitrogens with one attached hydrogen (secondary N) is 1. The van der Waals surface area contributed by atoms with Gasteiger partial charge in [0.15, 0.2) is 5.96 Å². The molecule has 2 aliphatic rings. The highest BCUT2D eigenvalue weighted by molar-refractivity contribution is 5.91. The molecule has 4 amide bonds. The standard InChI is InChI=1S/C28H31F6N7O3/c29-27(30,31)19-11-18(12-20(13-19)28(32,33)34)14-38-26(44)40-10-8-23(42)41-21(7-4-9-37-25(35)36)24(43)39(16-22(40)41)15-17-5-2-1-3-6-17/h1-3,5-6,11-13,21-22H,4,7-10,14-16H2,(H,38,44)(H4,35,36,37)/t21-,22+/m0/s1. The molecule has 44 heavy (non-hydrogen) atoms. The van der Waals surface area contributed by atoms with Gasteiger partial charge in [-0.1, -0.05) is 30.3 Å². The molecule has 16 heteroatoms. The second-order valence-electron chi connectivity index (χ2n) is 10.5. The summed E-state index contributed by atoms with van der Waals surface area (Å²) in [7, 11) is 0. The number of hydrogen-bond donors (Lipinski definition) is 3. The van der Waals surface area contributed by atoms with Crippen molar-refractivity contribution in [3.63, 3.8) is 0 Å². The average Bonchev–Trinajstić information content (AvgIpc) is 2.95. The Morgan fingerprint density at radius 3 is 2.18 bits per heavy atom. The maximum Gasteiger partial charge on any atom is 0.416 e. The van der Waals surface area contributed by atoms with Gasteiger partial charge >= 0.3 is 18.4 Å². The first-order valence-corrected chi connectivity index (χ1v) is 13.7. The number of aliphatic imine (C=N–C) groups is 1. The van der Waals surface area contributed by atoms with E-state index in [1.165, 1.54) is 14.7 Å². The lowest BCUT2D eigenvalue weighted by atomic mass is 9.99. The first-order chi connectivity index (χ1) is 20.6. The molecule has 2 atom stereocenters. The molecule has 4 rings (SSSR count). The largest absolute Gasteiger partial charge is 0.416 e. The van der Waals surface area contributed by atoms with E-state index >= 15 is 0 Å². The minimum atomic E-state index is -5.04. The topological polar surface area (TPSA) is 137 Å². The molecular formula is C28H31F6N7O3. The van der Waals surface area contributed by atoms with Crippen molar-refractivity contribution in [2.45, 2.75) is 56.9 Å². The van der Waals surface area contributed by atoms with Crippen molar-refractivity contribution in [1.82, 2.24) is 20.0 Å². The van der Waals surface area contributed by atoms with Gasteiger partial charge in [0, 0.05) is 32.6 Å². The number of amides is 4. The quantitative estimate of drug-likeness (QED) is 0.179. The molecule has 0 unspecified atom stereocenters. The van der Waals surface area contributed by atoms with Crippen LogP contribution in [0.25, 0.3) is 0 Å². The van der Waals surface area contributed by atoms with Crippen molar-refractivity contribution < 1.29 is 40.7 Å². The van der Waals surface area contributed by atoms with Gasteiger partial charge in [0.2, 0.25) is 11.8 Å². The molecule has 0 aliphatic carbocycles. The molecule has 2 aromatic rings. The summed E-state index contributed by atoms with van der Waals surface area (Å²) in [6.07, 6.45) is -10.6. The smallest absolute Gasteiger partial charge is 0.370 e. The predicted octanol–water partition coefficient (Wildman–Crippen LogP) is 3.26. The summed E-state index contributed by atoms with van der Waals surface area (Å²) in [6.45, 7) is -0.395. The highest BCUT2D eigenvalue weighted by Crippen LogP contribution is 2.36. The molecule has 0 aromatic heterocycles. The number of halogens is 6. The third-order valence-electron chi connectivity index (χ3n) is 7.35. The van der Waals surface area contributed by atoms with Gasteiger partial charge in [0.25, 0.3) is 0 Å². The molecule has 0 bridgehead atoms. The summed E-state index contributed by atoms with van der Waals surface area (Å²) in [4.78, 5) is 48.1. The van der Waals surface area contributed by atoms with Crippen LogP contribution in [-0.4, -0.2) is 70.3 Å². The fraction of sp³-hybridized carbons (Fsp3) is 0.429. The monoisotopic (exact) mass is 627 g/mol. The second kappa shape index (κ2) is 13.0. The number of guanidine groups is 1. The van der Waals surface area contributed by atoms with E-state index in [0.29, 0.717) is 18.6 Å². The summed E-state index contributed by atoms with van der Waals surface area (Å²) in [6, 6.07) is 8.35. The zero-order chi connectivity index (χ0) is 32.2. The number of carbonyl (C=O) groups is 3. The van der Waals surface area contributed by atoms with E-state index in [9.17, 15) is 40.7 Å². The van der Waals surface area contributed by atoms with E-state index in [4.69, 9.17) is 11.5 Å². The number of nitrogens with two attached hydrogens (primary N) is 2. The third kappa shape index (κ3) is 7.71. The lowest BCUT2D eigenvalue weighted by molar-refractivity contribution is -0.167. The molecule has 2 saturated heterocycles. The van der Waals surface area contributed by atoms with Gasteiger partial charge in [-0.05, 0) is 42.2 Å². The molecule has 5 N–H and O–H groups in total. The fourth-order valence-electron chi connectivity index (χ4n) is 5.33. The number of benzene rings is 2. The van der Waals surface area contributed by atoms with Gasteiger partial charge in [0.05, 0.1) is 17.7 Å². The van der Waals surface area contributed by atoms with Crippen LogP contribution in [0.15, 0.2) is 53.5 Å². The number of nitrogens with zero attached hydrogens (tertiary/aromatic N) is 4. The van der Waals surface area contributed by atoms with Crippen LogP contribution in [-0.2, 0) is 35.0 Å². The van der Waals surface area contributed by atoms with Gasteiger partial charge in [-0.15, -0.1) is 0 Å². The molecule has 0 spiro atoms. The zero-order valence-electron chi connectivity index (χ0n) is 23.4. The number of alkyl halides is 6. The van der Waals surface area contributed by atoms with Crippen LogP contribution in [0.2, 0.25) is 0 Å². The van der Waals surface area contributed by atoms with E-state index in [1.807, 2.05) is 18.2 Å². The van der Waals surface area contributed by atoms with Crippen LogP contribution in [0.4, 0.5) is 31.1 Å². The van der Waals surface area contributed by atoms with Crippen LogP contribution in [0.3, 0.4) is 0 Å². The Balaban J connectivity index is 1.58. The van der Waals surface area contributed by atoms with Crippen molar-refractivity contribution in [3.8, 4) is 0 Å². The molecule has 0 saturated carbocycles. The summed E-state index contributed by atoms with van der Waals surface area (Å²) < 4.78 is 79.8. The SMILES string of the molecule is NC(N)=NCCC[C@H]1C(=O)N(Cc2ccccc2)C[C@@H]2N(C(=O)NCc3cc(C(F)(F)F)cc(C(F)(F)F)c3)CCC(=O)N21. The molecule has 0 radical (unpaired) electrons. The van der Waals surface area contributed by atoms with Gasteiger partial charge in [-0.3, -0.25) is 14.6 Å². The van der Waals surface area contributed by atoms with Crippen molar-refractivity contribution in [1.29, 1.82) is 0 Å². The maximum absolute atomic E-state index is 13.6. The van der Waals surface area contributed by atoms with Crippen LogP contribution in [0, 0.1) is 0 Å². The molecular weight excluding hydrogens is 596 g/mol. The Kier molecular flexibility index (Phi) is 9.59. The van der Waals surface area contributed by atoms with Crippen molar-refractivity contribution in [3.05, 3.63) is 70.8 Å². The molecule has 2 fully saturated rings. The molecule has 238 valence electrons. The number of piperazine rings is 1. The minimum Gasteiger partial charge on any atom is -0.370 e. The summed E-state index contributed by atoms with van der Waals surface area (Å²) in [5.41, 5.74) is 8.15. The Morgan fingerprint density at radius 1 is 0.955 bits per heavy atom. The zero-order valence-corrected chi connectivity index (χ0v) is 23.4. The summed E-state index contributed by atoms with van der Waals surface area (Å²) >= 11 is 0. The normalized spacial score (nSPS) is 19.1. The summed E-state index contributed by atoms with van der Waals surface area (Å²) in [5, 5.41) is 2.39. The van der Waals surface area contributed by atoms with E-state index in [-0.39, 0.29) is 62.9 Å². The summed E-state index contributed by atoms with van der Waals surface area (Å²) in [5.74, 6) is -0.844. The van der Waals surface area contributed by atoms with Gasteiger partial charge in [-0.25, -0.2) is 4.79 Å². The van der Waals surface area contributed by atoms with E-state index in [1.54, 1.807) is 12.1 Å². The van der Waals surface area contributed by atoms with Gasteiger partial charge in [0.1, 0.15) is 12.2 Å². The number of hydrogen-bond acceptors (Lipinski definition) is 4. The van der Waals surface area contributed by atoms with Crippen molar-refractivity contribution in [2.24, 2.45) is 16.5 Å². The highest BCUT2D eigenvalue weighted by Gasteiger charge is 2.48. The van der Waals surface area contributed by atoms with Crippen LogP contribution in [0.1, 0.15) is 41.5 Å². The Morgan fingerprint density at radius 2 is 1.59 bits per heavy atom. The van der Waals surface area contributed by atoms with Crippen LogP contribution >= 0.6 is 0 Å². The van der Waals surface area contributed by atoms with Crippen molar-refractivity contribution in [2.75, 3.05) is 19.6 Å². The van der Waals surface area contributed by atoms with Crippen molar-refractivity contribution >= 4 is 23.8 Å². The second-order valence-corrected chi connectivity index (χ2v) is 10.5. The Labute approximate surface area is 248 Å². The lowest BCUT2D eigenvalue weighted by Gasteiger charge is -2.52. The lowest BCUT2D eigenvalue weighted by Crippen LogP contribution is -2.71. The predicted molar refractivity (Wildman–Crippen MR) is 146 cm³/mol. The van der Waals surface area contributed by atoms with E-state index in [0.717, 1.165) is 5.56 Å². The molecule has 2 aliphatic heterocycles. The average molecular weight is 628 g/mol. The van der Waals surface area contributed by atoms with E-state index in [2.05, 4.69) is 10.3 Å². The molecule has 2 heterocycles. The molecule has 10 nitrogen and oxygen atoms in total. The first kappa shape index (κ1) is 32.4. The molecule has 2 aromatic carbocycles. The minimum absolute atomic E-state index is 0.00707. The fourth-order valence-corrected chi connectivity index (χ4v) is 5.33. The first-order valence-electron chi connectivity index (χ1n) is 13.7. The number of rotatable bonds is 8. The van der Waals surface area contributed by atoms with Crippen LogP contribution < -0.4 is 16.8 Å². The van der Waals surface area contributed by atoms with Gasteiger partial charge in [-0.2, -0.15) is 26.3 Å².